The summed E-state index contributed by atoms with van der Waals surface area (Å²) < 4.78 is 14.9. The van der Waals surface area contributed by atoms with E-state index in [-0.39, 0.29) is 36.7 Å². The fraction of sp³-hybridized carbons (Fsp3) is 0.280. The molecule has 0 aliphatic rings. The smallest absolute Gasteiger partial charge is 0.375 e. The summed E-state index contributed by atoms with van der Waals surface area (Å²) >= 11 is 0. The third-order valence-electron chi connectivity index (χ3n) is 4.48. The maximum absolute atomic E-state index is 12.5. The molecule has 0 aromatic heterocycles. The molecular weight excluding hydrogens is 444 g/mol. The van der Waals surface area contributed by atoms with Crippen molar-refractivity contribution in [1.82, 2.24) is 0 Å². The predicted molar refractivity (Wildman–Crippen MR) is 118 cm³/mol. The number of ketones is 4. The van der Waals surface area contributed by atoms with Gasteiger partial charge in [-0.25, -0.2) is 9.59 Å². The highest BCUT2D eigenvalue weighted by atomic mass is 16.5. The molecule has 2 aromatic carbocycles. The Morgan fingerprint density at radius 3 is 1.91 bits per heavy atom. The van der Waals surface area contributed by atoms with Crippen LogP contribution in [0.15, 0.2) is 48.5 Å². The maximum Gasteiger partial charge on any atom is 0.375 e. The lowest BCUT2D eigenvalue weighted by atomic mass is 10.0. The third kappa shape index (κ3) is 7.47. The van der Waals surface area contributed by atoms with Crippen LogP contribution >= 0.6 is 0 Å². The highest BCUT2D eigenvalue weighted by molar-refractivity contribution is 6.38. The summed E-state index contributed by atoms with van der Waals surface area (Å²) in [6.07, 6.45) is -1.27. The second-order valence-corrected chi connectivity index (χ2v) is 6.97. The molecule has 0 amide bonds. The van der Waals surface area contributed by atoms with E-state index in [2.05, 4.69) is 9.47 Å². The number of hydrogen-bond acceptors (Lipinski definition) is 9. The number of rotatable bonds is 13. The number of benzene rings is 2. The molecule has 2 rings (SSSR count). The number of Topliss-reactive ketones (excluding diaryl/α,β-unsaturated/α-hetero) is 4. The van der Waals surface area contributed by atoms with Crippen LogP contribution in [0.5, 0.6) is 5.75 Å². The highest BCUT2D eigenvalue weighted by Gasteiger charge is 2.22. The van der Waals surface area contributed by atoms with Crippen molar-refractivity contribution in [2.24, 2.45) is 0 Å². The van der Waals surface area contributed by atoms with Gasteiger partial charge in [0.05, 0.1) is 31.6 Å². The minimum Gasteiger partial charge on any atom is -0.488 e. The average Bonchev–Trinajstić information content (AvgIpc) is 2.83. The monoisotopic (exact) mass is 468 g/mol. The quantitative estimate of drug-likeness (QED) is 0.188. The number of carbonyl (C=O) groups is 6. The van der Waals surface area contributed by atoms with Crippen molar-refractivity contribution in [1.29, 1.82) is 0 Å². The van der Waals surface area contributed by atoms with Gasteiger partial charge in [0.1, 0.15) is 12.4 Å². The van der Waals surface area contributed by atoms with Gasteiger partial charge in [0.2, 0.25) is 11.6 Å². The predicted octanol–water partition coefficient (Wildman–Crippen LogP) is 2.68. The third-order valence-corrected chi connectivity index (χ3v) is 4.48. The fourth-order valence-electron chi connectivity index (χ4n) is 2.87. The Kier molecular flexibility index (Phi) is 9.82. The molecule has 178 valence electrons. The SMILES string of the molecule is CCOC(=O)C(=O)CC(=O)c1cccc(COc2ccccc2C(=O)CC(=O)C(=O)OCC)c1. The molecule has 9 nitrogen and oxygen atoms in total. The van der Waals surface area contributed by atoms with Crippen molar-refractivity contribution >= 4 is 35.1 Å². The van der Waals surface area contributed by atoms with E-state index in [9.17, 15) is 28.8 Å². The second-order valence-electron chi connectivity index (χ2n) is 6.97. The lowest BCUT2D eigenvalue weighted by molar-refractivity contribution is -0.153. The zero-order valence-electron chi connectivity index (χ0n) is 18.8. The fourth-order valence-corrected chi connectivity index (χ4v) is 2.87. The molecule has 0 fully saturated rings. The molecule has 2 aromatic rings. The highest BCUT2D eigenvalue weighted by Crippen LogP contribution is 2.22. The molecule has 0 saturated carbocycles. The molecule has 9 heteroatoms. The summed E-state index contributed by atoms with van der Waals surface area (Å²) in [5.74, 6) is -4.97. The summed E-state index contributed by atoms with van der Waals surface area (Å²) in [4.78, 5) is 71.4. The van der Waals surface area contributed by atoms with Crippen molar-refractivity contribution in [3.8, 4) is 5.75 Å². The van der Waals surface area contributed by atoms with Crippen molar-refractivity contribution in [3.05, 3.63) is 65.2 Å². The summed E-state index contributed by atoms with van der Waals surface area (Å²) in [6.45, 7) is 3.14. The molecular formula is C25H24O9. The van der Waals surface area contributed by atoms with Gasteiger partial charge >= 0.3 is 11.9 Å². The van der Waals surface area contributed by atoms with Crippen LogP contribution in [0.1, 0.15) is 53.0 Å². The van der Waals surface area contributed by atoms with Gasteiger partial charge in [-0.05, 0) is 37.6 Å². The normalized spacial score (nSPS) is 10.2. The first-order valence-electron chi connectivity index (χ1n) is 10.5. The lowest BCUT2D eigenvalue weighted by Crippen LogP contribution is -2.21. The van der Waals surface area contributed by atoms with Crippen LogP contribution in [0.3, 0.4) is 0 Å². The van der Waals surface area contributed by atoms with Gasteiger partial charge in [-0.1, -0.05) is 30.3 Å². The van der Waals surface area contributed by atoms with E-state index >= 15 is 0 Å². The van der Waals surface area contributed by atoms with E-state index < -0.39 is 47.9 Å². The number of carbonyl (C=O) groups excluding carboxylic acids is 6. The van der Waals surface area contributed by atoms with Crippen LogP contribution < -0.4 is 4.74 Å². The first-order valence-corrected chi connectivity index (χ1v) is 10.5. The van der Waals surface area contributed by atoms with Crippen molar-refractivity contribution in [3.63, 3.8) is 0 Å². The van der Waals surface area contributed by atoms with Gasteiger partial charge in [-0.15, -0.1) is 0 Å². The Balaban J connectivity index is 2.06. The Labute approximate surface area is 196 Å². The number of ether oxygens (including phenoxy) is 3. The number of hydrogen-bond donors (Lipinski definition) is 0. The molecule has 0 aliphatic carbocycles. The zero-order valence-corrected chi connectivity index (χ0v) is 18.8. The van der Waals surface area contributed by atoms with E-state index in [1.54, 1.807) is 38.1 Å². The van der Waals surface area contributed by atoms with E-state index in [1.165, 1.54) is 24.3 Å². The topological polar surface area (TPSA) is 130 Å². The zero-order chi connectivity index (χ0) is 25.1. The first-order chi connectivity index (χ1) is 16.3. The minimum atomic E-state index is -1.07. The summed E-state index contributed by atoms with van der Waals surface area (Å²) in [6, 6.07) is 12.5. The van der Waals surface area contributed by atoms with E-state index in [1.807, 2.05) is 0 Å². The standard InChI is InChI=1S/C25H24O9/c1-3-32-24(30)21(28)13-19(26)17-9-7-8-16(12-17)15-34-23-11-6-5-10-18(23)20(27)14-22(29)25(31)33-4-2/h5-12H,3-4,13-15H2,1-2H3. The van der Waals surface area contributed by atoms with E-state index in [0.29, 0.717) is 5.56 Å². The molecule has 0 radical (unpaired) electrons. The Hall–Kier alpha value is -4.14. The largest absolute Gasteiger partial charge is 0.488 e. The van der Waals surface area contributed by atoms with Crippen LogP contribution in [-0.2, 0) is 35.3 Å². The summed E-state index contributed by atoms with van der Waals surface area (Å²) in [5.41, 5.74) is 0.898. The number of para-hydroxylation sites is 1. The van der Waals surface area contributed by atoms with Crippen LogP contribution in [0.25, 0.3) is 0 Å². The van der Waals surface area contributed by atoms with Crippen LogP contribution in [0, 0.1) is 0 Å². The summed E-state index contributed by atoms with van der Waals surface area (Å²) in [5, 5.41) is 0. The van der Waals surface area contributed by atoms with Crippen LogP contribution in [-0.4, -0.2) is 48.3 Å². The second kappa shape index (κ2) is 12.8. The summed E-state index contributed by atoms with van der Waals surface area (Å²) in [7, 11) is 0. The van der Waals surface area contributed by atoms with Gasteiger partial charge < -0.3 is 14.2 Å². The molecule has 34 heavy (non-hydrogen) atoms. The van der Waals surface area contributed by atoms with Crippen LogP contribution in [0.4, 0.5) is 0 Å². The molecule has 0 unspecified atom stereocenters. The molecule has 0 saturated heterocycles. The maximum atomic E-state index is 12.5. The van der Waals surface area contributed by atoms with Gasteiger partial charge in [-0.3, -0.25) is 19.2 Å². The lowest BCUT2D eigenvalue weighted by Gasteiger charge is -2.11. The minimum absolute atomic E-state index is 0.0247. The molecule has 0 N–H and O–H groups in total. The van der Waals surface area contributed by atoms with Crippen LogP contribution in [0.2, 0.25) is 0 Å². The van der Waals surface area contributed by atoms with E-state index in [0.717, 1.165) is 0 Å². The molecule has 0 atom stereocenters. The Morgan fingerprint density at radius 1 is 0.706 bits per heavy atom. The molecule has 0 heterocycles. The Morgan fingerprint density at radius 2 is 1.29 bits per heavy atom. The van der Waals surface area contributed by atoms with Crippen molar-refractivity contribution in [2.75, 3.05) is 13.2 Å². The van der Waals surface area contributed by atoms with Gasteiger partial charge in [-0.2, -0.15) is 0 Å². The van der Waals surface area contributed by atoms with E-state index in [4.69, 9.17) is 4.74 Å². The van der Waals surface area contributed by atoms with Crippen molar-refractivity contribution in [2.45, 2.75) is 33.3 Å². The Bertz CT molecular complexity index is 1100. The van der Waals surface area contributed by atoms with Gasteiger partial charge in [0, 0.05) is 5.56 Å². The van der Waals surface area contributed by atoms with Gasteiger partial charge in [0.15, 0.2) is 11.6 Å². The van der Waals surface area contributed by atoms with Gasteiger partial charge in [0.25, 0.3) is 0 Å². The first kappa shape index (κ1) is 26.1. The number of esters is 2. The van der Waals surface area contributed by atoms with Crippen molar-refractivity contribution < 1.29 is 43.0 Å². The average molecular weight is 468 g/mol. The molecule has 0 spiro atoms. The molecule has 0 bridgehead atoms. The molecule has 0 aliphatic heterocycles.